The Labute approximate surface area is 134 Å². The molecule has 0 unspecified atom stereocenters. The van der Waals surface area contributed by atoms with Crippen LogP contribution in [0, 0.1) is 0 Å². The Morgan fingerprint density at radius 3 is 2.71 bits per heavy atom. The third kappa shape index (κ3) is 2.96. The first-order valence-corrected chi connectivity index (χ1v) is 8.44. The average Bonchev–Trinajstić information content (AvgIpc) is 3.00. The number of nitrogens with two attached hydrogens (primary N) is 1. The summed E-state index contributed by atoms with van der Waals surface area (Å²) in [4.78, 5) is 11.1. The van der Waals surface area contributed by atoms with Crippen LogP contribution in [-0.2, 0) is 6.54 Å². The number of imidazole rings is 1. The van der Waals surface area contributed by atoms with E-state index in [9.17, 15) is 0 Å². The molecule has 0 atom stereocenters. The SMILES string of the molecule is CC(C)(C(N)=S)N1CCN(Cc2cn3ccsc3n2)CC1. The van der Waals surface area contributed by atoms with E-state index in [1.807, 2.05) is 0 Å². The molecule has 0 amide bonds. The fraction of sp³-hybridized carbons (Fsp3) is 0.571. The van der Waals surface area contributed by atoms with E-state index in [1.54, 1.807) is 11.3 Å². The summed E-state index contributed by atoms with van der Waals surface area (Å²) in [7, 11) is 0. The highest BCUT2D eigenvalue weighted by Crippen LogP contribution is 2.19. The highest BCUT2D eigenvalue weighted by atomic mass is 32.1. The van der Waals surface area contributed by atoms with Crippen molar-refractivity contribution in [1.29, 1.82) is 0 Å². The second kappa shape index (κ2) is 5.64. The van der Waals surface area contributed by atoms with Gasteiger partial charge in [-0.3, -0.25) is 14.2 Å². The van der Waals surface area contributed by atoms with Crippen molar-refractivity contribution in [3.05, 3.63) is 23.5 Å². The summed E-state index contributed by atoms with van der Waals surface area (Å²) in [5.41, 5.74) is 6.80. The van der Waals surface area contributed by atoms with Crippen molar-refractivity contribution in [2.24, 2.45) is 5.73 Å². The van der Waals surface area contributed by atoms with Crippen LogP contribution in [-0.4, -0.2) is 55.9 Å². The number of thiazole rings is 1. The van der Waals surface area contributed by atoms with E-state index >= 15 is 0 Å². The molecule has 0 aromatic carbocycles. The summed E-state index contributed by atoms with van der Waals surface area (Å²) in [6, 6.07) is 0. The highest BCUT2D eigenvalue weighted by molar-refractivity contribution is 7.80. The van der Waals surface area contributed by atoms with E-state index in [0.29, 0.717) is 4.99 Å². The van der Waals surface area contributed by atoms with Gasteiger partial charge in [0.2, 0.25) is 0 Å². The Hall–Kier alpha value is -1.02. The molecule has 0 spiro atoms. The van der Waals surface area contributed by atoms with Crippen LogP contribution in [0.2, 0.25) is 0 Å². The molecule has 5 nitrogen and oxygen atoms in total. The molecule has 21 heavy (non-hydrogen) atoms. The van der Waals surface area contributed by atoms with Crippen LogP contribution in [0.3, 0.4) is 0 Å². The number of fused-ring (bicyclic) bond motifs is 1. The molecule has 1 aliphatic rings. The first kappa shape index (κ1) is 14.9. The fourth-order valence-corrected chi connectivity index (χ4v) is 3.55. The smallest absolute Gasteiger partial charge is 0.193 e. The van der Waals surface area contributed by atoms with E-state index in [4.69, 9.17) is 18.0 Å². The van der Waals surface area contributed by atoms with Gasteiger partial charge in [0.05, 0.1) is 16.2 Å². The molecule has 1 aliphatic heterocycles. The minimum atomic E-state index is -0.196. The highest BCUT2D eigenvalue weighted by Gasteiger charge is 2.32. The molecular formula is C14H21N5S2. The summed E-state index contributed by atoms with van der Waals surface area (Å²) < 4.78 is 2.09. The van der Waals surface area contributed by atoms with Crippen LogP contribution >= 0.6 is 23.6 Å². The van der Waals surface area contributed by atoms with Gasteiger partial charge in [0.25, 0.3) is 0 Å². The number of thiocarbonyl (C=S) groups is 1. The van der Waals surface area contributed by atoms with Gasteiger partial charge in [0.1, 0.15) is 0 Å². The number of nitrogens with zero attached hydrogens (tertiary/aromatic N) is 4. The Balaban J connectivity index is 1.58. The molecule has 2 N–H and O–H groups in total. The Morgan fingerprint density at radius 2 is 2.10 bits per heavy atom. The first-order valence-electron chi connectivity index (χ1n) is 7.15. The lowest BCUT2D eigenvalue weighted by atomic mass is 10.0. The zero-order valence-corrected chi connectivity index (χ0v) is 14.1. The van der Waals surface area contributed by atoms with Gasteiger partial charge in [-0.05, 0) is 13.8 Å². The van der Waals surface area contributed by atoms with E-state index in [0.717, 1.165) is 43.4 Å². The van der Waals surface area contributed by atoms with Gasteiger partial charge in [-0.1, -0.05) is 12.2 Å². The molecule has 114 valence electrons. The zero-order valence-electron chi connectivity index (χ0n) is 12.5. The molecule has 0 bridgehead atoms. The van der Waals surface area contributed by atoms with Crippen molar-refractivity contribution in [1.82, 2.24) is 19.2 Å². The maximum absolute atomic E-state index is 5.86. The molecule has 7 heteroatoms. The predicted molar refractivity (Wildman–Crippen MR) is 90.8 cm³/mol. The molecule has 1 fully saturated rings. The van der Waals surface area contributed by atoms with Crippen LogP contribution in [0.5, 0.6) is 0 Å². The predicted octanol–water partition coefficient (Wildman–Crippen LogP) is 1.58. The fourth-order valence-electron chi connectivity index (χ4n) is 2.70. The molecule has 2 aromatic rings. The topological polar surface area (TPSA) is 49.8 Å². The Morgan fingerprint density at radius 1 is 1.38 bits per heavy atom. The van der Waals surface area contributed by atoms with Crippen LogP contribution in [0.1, 0.15) is 19.5 Å². The normalized spacial score (nSPS) is 18.4. The minimum absolute atomic E-state index is 0.196. The zero-order chi connectivity index (χ0) is 15.0. The largest absolute Gasteiger partial charge is 0.392 e. The van der Waals surface area contributed by atoms with E-state index in [1.165, 1.54) is 0 Å². The van der Waals surface area contributed by atoms with Crippen LogP contribution < -0.4 is 5.73 Å². The molecule has 0 aliphatic carbocycles. The van der Waals surface area contributed by atoms with Crippen LogP contribution in [0.25, 0.3) is 4.96 Å². The molecule has 0 saturated carbocycles. The second-order valence-corrected chi connectivity index (χ2v) is 7.32. The lowest BCUT2D eigenvalue weighted by Gasteiger charge is -2.43. The Bertz CT molecular complexity index is 608. The van der Waals surface area contributed by atoms with Crippen LogP contribution in [0.15, 0.2) is 17.8 Å². The molecule has 0 radical (unpaired) electrons. The maximum Gasteiger partial charge on any atom is 0.193 e. The first-order chi connectivity index (χ1) is 9.96. The van der Waals surface area contributed by atoms with Gasteiger partial charge < -0.3 is 5.73 Å². The molecule has 1 saturated heterocycles. The van der Waals surface area contributed by atoms with Crippen molar-refractivity contribution in [2.75, 3.05) is 26.2 Å². The lowest BCUT2D eigenvalue weighted by molar-refractivity contribution is 0.0815. The standard InChI is InChI=1S/C14H21N5S2/c1-14(2,12(15)20)19-5-3-17(4-6-19)9-11-10-18-7-8-21-13(18)16-11/h7-8,10H,3-6,9H2,1-2H3,(H2,15,20). The Kier molecular flexibility index (Phi) is 4.00. The van der Waals surface area contributed by atoms with Crippen molar-refractivity contribution >= 4 is 33.5 Å². The van der Waals surface area contributed by atoms with Gasteiger partial charge in [0.15, 0.2) is 4.96 Å². The maximum atomic E-state index is 5.86. The van der Waals surface area contributed by atoms with Gasteiger partial charge in [-0.25, -0.2) is 4.98 Å². The van der Waals surface area contributed by atoms with Crippen molar-refractivity contribution < 1.29 is 0 Å². The molecule has 3 heterocycles. The molecule has 3 rings (SSSR count). The van der Waals surface area contributed by atoms with Gasteiger partial charge in [-0.15, -0.1) is 11.3 Å². The second-order valence-electron chi connectivity index (χ2n) is 6.01. The van der Waals surface area contributed by atoms with Crippen LogP contribution in [0.4, 0.5) is 0 Å². The number of hydrogen-bond acceptors (Lipinski definition) is 5. The van der Waals surface area contributed by atoms with E-state index < -0.39 is 0 Å². The van der Waals surface area contributed by atoms with Gasteiger partial charge >= 0.3 is 0 Å². The van der Waals surface area contributed by atoms with E-state index in [2.05, 4.69) is 50.8 Å². The summed E-state index contributed by atoms with van der Waals surface area (Å²) in [6.07, 6.45) is 4.18. The number of rotatable bonds is 4. The number of hydrogen-bond donors (Lipinski definition) is 1. The monoisotopic (exact) mass is 323 g/mol. The van der Waals surface area contributed by atoms with E-state index in [-0.39, 0.29) is 5.54 Å². The summed E-state index contributed by atoms with van der Waals surface area (Å²) in [6.45, 7) is 9.16. The quantitative estimate of drug-likeness (QED) is 0.866. The van der Waals surface area contributed by atoms with Crippen molar-refractivity contribution in [3.8, 4) is 0 Å². The van der Waals surface area contributed by atoms with Gasteiger partial charge in [0, 0.05) is 50.5 Å². The summed E-state index contributed by atoms with van der Waals surface area (Å²) in [5, 5.41) is 2.06. The number of piperazine rings is 1. The lowest BCUT2D eigenvalue weighted by Crippen LogP contribution is -2.59. The number of aromatic nitrogens is 2. The third-order valence-electron chi connectivity index (χ3n) is 4.29. The summed E-state index contributed by atoms with van der Waals surface area (Å²) in [5.74, 6) is 0. The third-order valence-corrected chi connectivity index (χ3v) is 5.56. The van der Waals surface area contributed by atoms with Crippen molar-refractivity contribution in [3.63, 3.8) is 0 Å². The average molecular weight is 323 g/mol. The molecule has 2 aromatic heterocycles. The molecular weight excluding hydrogens is 302 g/mol. The minimum Gasteiger partial charge on any atom is -0.392 e. The summed E-state index contributed by atoms with van der Waals surface area (Å²) >= 11 is 6.86. The van der Waals surface area contributed by atoms with Crippen molar-refractivity contribution in [2.45, 2.75) is 25.9 Å². The van der Waals surface area contributed by atoms with Gasteiger partial charge in [-0.2, -0.15) is 0 Å².